The quantitative estimate of drug-likeness (QED) is 0.887. The zero-order valence-electron chi connectivity index (χ0n) is 15.8. The predicted octanol–water partition coefficient (Wildman–Crippen LogP) is 1.25. The molecule has 7 nitrogen and oxygen atoms in total. The Morgan fingerprint density at radius 2 is 2.04 bits per heavy atom. The molecule has 1 aromatic heterocycles. The molecule has 7 heteroatoms. The zero-order chi connectivity index (χ0) is 19.0. The number of nitrogens with one attached hydrogen (secondary N) is 1. The molecule has 1 N–H and O–H groups in total. The molecule has 142 valence electrons. The van der Waals surface area contributed by atoms with Crippen LogP contribution in [-0.4, -0.2) is 52.4 Å². The minimum Gasteiger partial charge on any atom is -0.336 e. The molecule has 0 saturated carbocycles. The van der Waals surface area contributed by atoms with Crippen LogP contribution in [-0.2, 0) is 16.6 Å². The Morgan fingerprint density at radius 3 is 2.74 bits per heavy atom. The maximum absolute atomic E-state index is 13.3. The fourth-order valence-electron chi connectivity index (χ4n) is 3.98. The highest BCUT2D eigenvalue weighted by Crippen LogP contribution is 2.29. The first-order valence-electron chi connectivity index (χ1n) is 9.40. The number of nitrogens with zero attached hydrogens (tertiary/aromatic N) is 4. The number of rotatable bonds is 3. The monoisotopic (exact) mass is 367 g/mol. The highest BCUT2D eigenvalue weighted by atomic mass is 16.2. The summed E-state index contributed by atoms with van der Waals surface area (Å²) in [6.07, 6.45) is 3.92. The first-order chi connectivity index (χ1) is 13.0. The predicted molar refractivity (Wildman–Crippen MR) is 102 cm³/mol. The summed E-state index contributed by atoms with van der Waals surface area (Å²) >= 11 is 0. The Morgan fingerprint density at radius 1 is 1.26 bits per heavy atom. The molecule has 3 heterocycles. The molecule has 1 aromatic carbocycles. The first kappa shape index (κ1) is 17.7. The Hall–Kier alpha value is -2.67. The lowest BCUT2D eigenvalue weighted by molar-refractivity contribution is -0.139. The summed E-state index contributed by atoms with van der Waals surface area (Å²) in [6, 6.07) is 7.77. The molecule has 0 spiro atoms. The number of hydrogen-bond donors (Lipinski definition) is 1. The number of aryl methyl sites for hydroxylation is 2. The maximum Gasteiger partial charge on any atom is 0.228 e. The normalized spacial score (nSPS) is 23.1. The summed E-state index contributed by atoms with van der Waals surface area (Å²) in [7, 11) is 1.94. The third kappa shape index (κ3) is 3.35. The van der Waals surface area contributed by atoms with E-state index in [4.69, 9.17) is 0 Å². The molecule has 2 saturated heterocycles. The van der Waals surface area contributed by atoms with E-state index in [1.165, 1.54) is 0 Å². The van der Waals surface area contributed by atoms with Gasteiger partial charge in [-0.2, -0.15) is 0 Å². The molecule has 0 aliphatic carbocycles. The van der Waals surface area contributed by atoms with Crippen LogP contribution in [0.5, 0.6) is 0 Å². The van der Waals surface area contributed by atoms with Crippen molar-refractivity contribution >= 4 is 17.5 Å². The van der Waals surface area contributed by atoms with Crippen molar-refractivity contribution in [2.75, 3.05) is 31.1 Å². The number of hydrogen-bond acceptors (Lipinski definition) is 4. The van der Waals surface area contributed by atoms with Crippen molar-refractivity contribution in [3.8, 4) is 0 Å². The van der Waals surface area contributed by atoms with Crippen molar-refractivity contribution in [2.45, 2.75) is 19.4 Å². The van der Waals surface area contributed by atoms with Crippen molar-refractivity contribution in [1.29, 1.82) is 0 Å². The topological polar surface area (TPSA) is 70.5 Å². The van der Waals surface area contributed by atoms with Crippen molar-refractivity contribution in [3.63, 3.8) is 0 Å². The SMILES string of the molecule is Cc1ccc(N2CC(C(=O)N3CCNCC3c3nccn3C)CC2=O)cc1. The minimum absolute atomic E-state index is 0.0147. The van der Waals surface area contributed by atoms with Gasteiger partial charge in [-0.3, -0.25) is 9.59 Å². The van der Waals surface area contributed by atoms with E-state index in [-0.39, 0.29) is 30.2 Å². The van der Waals surface area contributed by atoms with Crippen LogP contribution in [0.15, 0.2) is 36.7 Å². The molecule has 2 amide bonds. The van der Waals surface area contributed by atoms with Crippen LogP contribution in [0.25, 0.3) is 0 Å². The number of benzene rings is 1. The fraction of sp³-hybridized carbons (Fsp3) is 0.450. The number of imidazole rings is 1. The van der Waals surface area contributed by atoms with Crippen LogP contribution in [0.2, 0.25) is 0 Å². The summed E-state index contributed by atoms with van der Waals surface area (Å²) in [5.74, 6) is 0.628. The van der Waals surface area contributed by atoms with Crippen LogP contribution in [0.1, 0.15) is 23.9 Å². The lowest BCUT2D eigenvalue weighted by atomic mass is 10.0. The van der Waals surface area contributed by atoms with Gasteiger partial charge in [0.05, 0.1) is 5.92 Å². The van der Waals surface area contributed by atoms with E-state index in [1.807, 2.05) is 53.9 Å². The molecule has 2 aromatic rings. The second-order valence-electron chi connectivity index (χ2n) is 7.39. The Kier molecular flexibility index (Phi) is 4.70. The second-order valence-corrected chi connectivity index (χ2v) is 7.39. The number of anilines is 1. The number of carbonyl (C=O) groups is 2. The van der Waals surface area contributed by atoms with E-state index in [2.05, 4.69) is 10.3 Å². The Balaban J connectivity index is 1.52. The zero-order valence-corrected chi connectivity index (χ0v) is 15.8. The third-order valence-corrected chi connectivity index (χ3v) is 5.50. The lowest BCUT2D eigenvalue weighted by Crippen LogP contribution is -2.51. The molecule has 4 rings (SSSR count). The molecule has 0 bridgehead atoms. The van der Waals surface area contributed by atoms with Gasteiger partial charge in [0.25, 0.3) is 0 Å². The number of aromatic nitrogens is 2. The lowest BCUT2D eigenvalue weighted by Gasteiger charge is -2.37. The summed E-state index contributed by atoms with van der Waals surface area (Å²) in [5.41, 5.74) is 2.01. The van der Waals surface area contributed by atoms with Crippen molar-refractivity contribution in [2.24, 2.45) is 13.0 Å². The molecule has 2 aliphatic heterocycles. The molecule has 27 heavy (non-hydrogen) atoms. The van der Waals surface area contributed by atoms with Gasteiger partial charge in [-0.15, -0.1) is 0 Å². The summed E-state index contributed by atoms with van der Waals surface area (Å²) in [6.45, 7) is 4.53. The number of piperazine rings is 1. The standard InChI is InChI=1S/C20H25N5O2/c1-14-3-5-16(6-4-14)25-13-15(11-18(25)26)20(27)24-10-7-21-12-17(24)19-22-8-9-23(19)2/h3-6,8-9,15,17,21H,7,10-13H2,1-2H3. The van der Waals surface area contributed by atoms with E-state index in [0.29, 0.717) is 19.6 Å². The van der Waals surface area contributed by atoms with Crippen LogP contribution in [0.4, 0.5) is 5.69 Å². The van der Waals surface area contributed by atoms with Gasteiger partial charge in [0.1, 0.15) is 11.9 Å². The molecule has 0 radical (unpaired) electrons. The maximum atomic E-state index is 13.3. The first-order valence-corrected chi connectivity index (χ1v) is 9.40. The van der Waals surface area contributed by atoms with Gasteiger partial charge < -0.3 is 19.7 Å². The highest BCUT2D eigenvalue weighted by molar-refractivity contribution is 6.00. The van der Waals surface area contributed by atoms with Crippen molar-refractivity contribution < 1.29 is 9.59 Å². The van der Waals surface area contributed by atoms with Crippen molar-refractivity contribution in [3.05, 3.63) is 48.0 Å². The van der Waals surface area contributed by atoms with E-state index in [0.717, 1.165) is 23.6 Å². The van der Waals surface area contributed by atoms with Gasteiger partial charge in [-0.05, 0) is 19.1 Å². The molecular weight excluding hydrogens is 342 g/mol. The summed E-state index contributed by atoms with van der Waals surface area (Å²) < 4.78 is 1.95. The van der Waals surface area contributed by atoms with E-state index < -0.39 is 0 Å². The van der Waals surface area contributed by atoms with Gasteiger partial charge in [0.15, 0.2) is 0 Å². The fourth-order valence-corrected chi connectivity index (χ4v) is 3.98. The Bertz CT molecular complexity index is 844. The number of amides is 2. The van der Waals surface area contributed by atoms with E-state index in [9.17, 15) is 9.59 Å². The average Bonchev–Trinajstić information content (AvgIpc) is 3.27. The minimum atomic E-state index is -0.306. The van der Waals surface area contributed by atoms with Crippen LogP contribution in [0, 0.1) is 12.8 Å². The van der Waals surface area contributed by atoms with Crippen LogP contribution < -0.4 is 10.2 Å². The number of carbonyl (C=O) groups excluding carboxylic acids is 2. The summed E-state index contributed by atoms with van der Waals surface area (Å²) in [4.78, 5) is 33.9. The van der Waals surface area contributed by atoms with Crippen LogP contribution in [0.3, 0.4) is 0 Å². The third-order valence-electron chi connectivity index (χ3n) is 5.50. The van der Waals surface area contributed by atoms with Gasteiger partial charge in [-0.25, -0.2) is 4.98 Å². The van der Waals surface area contributed by atoms with Gasteiger partial charge >= 0.3 is 0 Å². The van der Waals surface area contributed by atoms with Crippen LogP contribution >= 0.6 is 0 Å². The van der Waals surface area contributed by atoms with Crippen molar-refractivity contribution in [1.82, 2.24) is 19.8 Å². The van der Waals surface area contributed by atoms with Gasteiger partial charge in [0, 0.05) is 57.7 Å². The highest BCUT2D eigenvalue weighted by Gasteiger charge is 2.40. The van der Waals surface area contributed by atoms with E-state index in [1.54, 1.807) is 11.1 Å². The average molecular weight is 367 g/mol. The Labute approximate surface area is 159 Å². The van der Waals surface area contributed by atoms with Gasteiger partial charge in [-0.1, -0.05) is 17.7 Å². The molecule has 2 aliphatic rings. The molecule has 2 fully saturated rings. The van der Waals surface area contributed by atoms with E-state index >= 15 is 0 Å². The molecule has 2 unspecified atom stereocenters. The largest absolute Gasteiger partial charge is 0.336 e. The van der Waals surface area contributed by atoms with Gasteiger partial charge in [0.2, 0.25) is 11.8 Å². The molecular formula is C20H25N5O2. The summed E-state index contributed by atoms with van der Waals surface area (Å²) in [5, 5.41) is 3.35. The second kappa shape index (κ2) is 7.15. The molecule has 2 atom stereocenters. The smallest absolute Gasteiger partial charge is 0.228 e.